The first-order valence-corrected chi connectivity index (χ1v) is 12.3. The highest BCUT2D eigenvalue weighted by atomic mass is 19.4. The SMILES string of the molecule is O=C1N(CC2CN(C(O)C(F)(F)F)C2)C(c2ccc(-c3ccc4occc4c3)cc2)=NC12CCOCC2. The second kappa shape index (κ2) is 8.97. The molecule has 10 heteroatoms. The van der Waals surface area contributed by atoms with Gasteiger partial charge in [-0.05, 0) is 29.3 Å². The molecule has 0 saturated carbocycles. The molecule has 6 rings (SSSR count). The molecule has 2 fully saturated rings. The van der Waals surface area contributed by atoms with Gasteiger partial charge in [-0.2, -0.15) is 13.2 Å². The lowest BCUT2D eigenvalue weighted by atomic mass is 9.90. The Morgan fingerprint density at radius 2 is 1.70 bits per heavy atom. The molecule has 0 aliphatic carbocycles. The summed E-state index contributed by atoms with van der Waals surface area (Å²) in [4.78, 5) is 21.1. The Hall–Kier alpha value is -3.21. The van der Waals surface area contributed by atoms with Crippen molar-refractivity contribution >= 4 is 22.7 Å². The molecule has 1 unspecified atom stereocenters. The zero-order valence-electron chi connectivity index (χ0n) is 19.9. The summed E-state index contributed by atoms with van der Waals surface area (Å²) in [5, 5.41) is 10.5. The lowest BCUT2D eigenvalue weighted by molar-refractivity contribution is -0.265. The van der Waals surface area contributed by atoms with Crippen molar-refractivity contribution in [1.82, 2.24) is 9.80 Å². The third-order valence-electron chi connectivity index (χ3n) is 7.53. The van der Waals surface area contributed by atoms with Gasteiger partial charge in [-0.3, -0.25) is 19.6 Å². The average molecular weight is 514 g/mol. The number of alkyl halides is 3. The normalized spacial score (nSPS) is 21.5. The summed E-state index contributed by atoms with van der Waals surface area (Å²) in [6, 6.07) is 15.7. The van der Waals surface area contributed by atoms with Crippen LogP contribution in [-0.2, 0) is 9.53 Å². The summed E-state index contributed by atoms with van der Waals surface area (Å²) in [6.07, 6.45) is -4.59. The molecule has 7 nitrogen and oxygen atoms in total. The van der Waals surface area contributed by atoms with Crippen molar-refractivity contribution < 1.29 is 32.2 Å². The van der Waals surface area contributed by atoms with E-state index < -0.39 is 17.9 Å². The second-order valence-electron chi connectivity index (χ2n) is 9.98. The number of furan rings is 1. The summed E-state index contributed by atoms with van der Waals surface area (Å²) in [6.45, 7) is 1.23. The van der Waals surface area contributed by atoms with Gasteiger partial charge in [0.05, 0.1) is 6.26 Å². The van der Waals surface area contributed by atoms with Crippen LogP contribution in [0.2, 0.25) is 0 Å². The topological polar surface area (TPSA) is 78.5 Å². The van der Waals surface area contributed by atoms with Gasteiger partial charge < -0.3 is 14.3 Å². The predicted octanol–water partition coefficient (Wildman–Crippen LogP) is 4.05. The summed E-state index contributed by atoms with van der Waals surface area (Å²) >= 11 is 0. The smallest absolute Gasteiger partial charge is 0.428 e. The zero-order valence-corrected chi connectivity index (χ0v) is 19.9. The Balaban J connectivity index is 1.24. The number of amides is 1. The summed E-state index contributed by atoms with van der Waals surface area (Å²) in [7, 11) is 0. The number of hydrogen-bond donors (Lipinski definition) is 1. The quantitative estimate of drug-likeness (QED) is 0.557. The molecule has 4 heterocycles. The van der Waals surface area contributed by atoms with Crippen molar-refractivity contribution in [3.05, 3.63) is 60.4 Å². The predicted molar refractivity (Wildman–Crippen MR) is 130 cm³/mol. The van der Waals surface area contributed by atoms with Gasteiger partial charge in [-0.25, -0.2) is 0 Å². The molecule has 3 aliphatic heterocycles. The molecule has 1 aromatic heterocycles. The highest BCUT2D eigenvalue weighted by molar-refractivity contribution is 6.15. The number of aliphatic hydroxyl groups is 1. The minimum absolute atomic E-state index is 0.0588. The zero-order chi connectivity index (χ0) is 25.8. The van der Waals surface area contributed by atoms with Crippen LogP contribution in [0.1, 0.15) is 18.4 Å². The van der Waals surface area contributed by atoms with E-state index in [1.54, 1.807) is 11.2 Å². The Morgan fingerprint density at radius 1 is 1.03 bits per heavy atom. The largest absolute Gasteiger partial charge is 0.464 e. The summed E-state index contributed by atoms with van der Waals surface area (Å²) in [5.74, 6) is 0.218. The Morgan fingerprint density at radius 3 is 2.41 bits per heavy atom. The van der Waals surface area contributed by atoms with Crippen molar-refractivity contribution in [1.29, 1.82) is 0 Å². The molecular formula is C27H26F3N3O4. The Labute approximate surface area is 211 Å². The summed E-state index contributed by atoms with van der Waals surface area (Å²) in [5.41, 5.74) is 2.72. The second-order valence-corrected chi connectivity index (χ2v) is 9.98. The van der Waals surface area contributed by atoms with E-state index in [-0.39, 0.29) is 31.5 Å². The van der Waals surface area contributed by atoms with Crippen LogP contribution < -0.4 is 0 Å². The van der Waals surface area contributed by atoms with Gasteiger partial charge in [0.25, 0.3) is 5.91 Å². The first-order valence-electron chi connectivity index (χ1n) is 12.3. The maximum Gasteiger partial charge on any atom is 0.428 e. The molecular weight excluding hydrogens is 487 g/mol. The number of carbonyl (C=O) groups is 1. The fourth-order valence-electron chi connectivity index (χ4n) is 5.43. The van der Waals surface area contributed by atoms with Crippen LogP contribution in [0.15, 0.2) is 64.2 Å². The number of rotatable bonds is 5. The molecule has 3 aromatic rings. The highest BCUT2D eigenvalue weighted by Crippen LogP contribution is 2.37. The number of halogens is 3. The van der Waals surface area contributed by atoms with E-state index in [1.807, 2.05) is 48.5 Å². The number of fused-ring (bicyclic) bond motifs is 1. The van der Waals surface area contributed by atoms with E-state index in [0.29, 0.717) is 31.9 Å². The van der Waals surface area contributed by atoms with Crippen LogP contribution in [-0.4, -0.2) is 77.4 Å². The maximum absolute atomic E-state index is 13.6. The molecule has 1 amide bonds. The molecule has 194 valence electrons. The molecule has 1 atom stereocenters. The van der Waals surface area contributed by atoms with Crippen LogP contribution in [0, 0.1) is 5.92 Å². The van der Waals surface area contributed by atoms with Gasteiger partial charge in [0.1, 0.15) is 17.0 Å². The molecule has 0 bridgehead atoms. The fourth-order valence-corrected chi connectivity index (χ4v) is 5.43. The minimum atomic E-state index is -4.70. The molecule has 37 heavy (non-hydrogen) atoms. The van der Waals surface area contributed by atoms with E-state index in [1.165, 1.54) is 0 Å². The number of benzene rings is 2. The van der Waals surface area contributed by atoms with Crippen LogP contribution in [0.5, 0.6) is 0 Å². The maximum atomic E-state index is 13.6. The van der Waals surface area contributed by atoms with Gasteiger partial charge in [0.2, 0.25) is 6.23 Å². The van der Waals surface area contributed by atoms with Gasteiger partial charge in [-0.15, -0.1) is 0 Å². The number of nitrogens with zero attached hydrogens (tertiary/aromatic N) is 3. The van der Waals surface area contributed by atoms with Crippen molar-refractivity contribution in [2.24, 2.45) is 10.9 Å². The summed E-state index contributed by atoms with van der Waals surface area (Å²) < 4.78 is 49.5. The molecule has 2 aromatic carbocycles. The van der Waals surface area contributed by atoms with Crippen molar-refractivity contribution in [2.45, 2.75) is 30.8 Å². The number of aliphatic imine (C=N–C) groups is 1. The first-order chi connectivity index (χ1) is 17.7. The van der Waals surface area contributed by atoms with Crippen LogP contribution in [0.25, 0.3) is 22.1 Å². The Kier molecular flexibility index (Phi) is 5.85. The molecule has 0 radical (unpaired) electrons. The van der Waals surface area contributed by atoms with Crippen LogP contribution >= 0.6 is 0 Å². The lowest BCUT2D eigenvalue weighted by Gasteiger charge is -2.44. The lowest BCUT2D eigenvalue weighted by Crippen LogP contribution is -2.60. The number of amidine groups is 1. The van der Waals surface area contributed by atoms with Gasteiger partial charge in [0.15, 0.2) is 0 Å². The van der Waals surface area contributed by atoms with E-state index in [2.05, 4.69) is 0 Å². The molecule has 1 spiro atoms. The van der Waals surface area contributed by atoms with Crippen molar-refractivity contribution in [2.75, 3.05) is 32.8 Å². The van der Waals surface area contributed by atoms with Gasteiger partial charge in [-0.1, -0.05) is 30.3 Å². The van der Waals surface area contributed by atoms with Crippen molar-refractivity contribution in [3.8, 4) is 11.1 Å². The fraction of sp³-hybridized carbons (Fsp3) is 0.407. The van der Waals surface area contributed by atoms with E-state index in [9.17, 15) is 23.1 Å². The van der Waals surface area contributed by atoms with Crippen molar-refractivity contribution in [3.63, 3.8) is 0 Å². The number of carbonyl (C=O) groups excluding carboxylic acids is 1. The van der Waals surface area contributed by atoms with E-state index in [4.69, 9.17) is 14.1 Å². The first kappa shape index (κ1) is 24.1. The molecule has 2 saturated heterocycles. The molecule has 1 N–H and O–H groups in total. The van der Waals surface area contributed by atoms with Gasteiger partial charge in [0, 0.05) is 62.6 Å². The van der Waals surface area contributed by atoms with E-state index >= 15 is 0 Å². The number of aliphatic hydroxyl groups excluding tert-OH is 1. The molecule has 3 aliphatic rings. The third-order valence-corrected chi connectivity index (χ3v) is 7.53. The van der Waals surface area contributed by atoms with Crippen LogP contribution in [0.4, 0.5) is 13.2 Å². The number of hydrogen-bond acceptors (Lipinski definition) is 6. The Bertz CT molecular complexity index is 1340. The van der Waals surface area contributed by atoms with Crippen LogP contribution in [0.3, 0.4) is 0 Å². The number of ether oxygens (including phenoxy) is 1. The minimum Gasteiger partial charge on any atom is -0.464 e. The third kappa shape index (κ3) is 4.32. The van der Waals surface area contributed by atoms with Gasteiger partial charge >= 0.3 is 6.18 Å². The number of likely N-dealkylation sites (tertiary alicyclic amines) is 1. The average Bonchev–Trinajstić information content (AvgIpc) is 3.44. The highest BCUT2D eigenvalue weighted by Gasteiger charge is 2.52. The monoisotopic (exact) mass is 513 g/mol. The standard InChI is InChI=1S/C27H26F3N3O4/c28-27(29,30)25(35)32-14-17(15-32)16-33-23(31-26(24(33)34)8-11-36-12-9-26)19-3-1-18(2-4-19)20-5-6-22-21(13-20)7-10-37-22/h1-7,10,13,17,25,35H,8-9,11-12,14-16H2. The van der Waals surface area contributed by atoms with E-state index in [0.717, 1.165) is 32.6 Å².